The van der Waals surface area contributed by atoms with Gasteiger partial charge in [-0.15, -0.1) is 0 Å². The number of rotatable bonds is 5. The minimum Gasteiger partial charge on any atom is -0.355 e. The summed E-state index contributed by atoms with van der Waals surface area (Å²) in [6, 6.07) is 7.57. The number of hydrogen-bond donors (Lipinski definition) is 2. The molecule has 0 bridgehead atoms. The van der Waals surface area contributed by atoms with Crippen molar-refractivity contribution < 1.29 is 9.59 Å². The van der Waals surface area contributed by atoms with Crippen LogP contribution in [0.4, 0.5) is 0 Å². The van der Waals surface area contributed by atoms with E-state index in [1.54, 1.807) is 0 Å². The van der Waals surface area contributed by atoms with E-state index in [9.17, 15) is 9.59 Å². The van der Waals surface area contributed by atoms with E-state index in [-0.39, 0.29) is 17.7 Å². The van der Waals surface area contributed by atoms with Crippen molar-refractivity contribution >= 4 is 23.4 Å². The lowest BCUT2D eigenvalue weighted by molar-refractivity contribution is -0.138. The number of benzene rings is 1. The zero-order chi connectivity index (χ0) is 17.2. The number of hydrogen-bond acceptors (Lipinski definition) is 3. The highest BCUT2D eigenvalue weighted by Crippen LogP contribution is 2.50. The van der Waals surface area contributed by atoms with Crippen LogP contribution in [0.2, 0.25) is 5.02 Å². The van der Waals surface area contributed by atoms with Gasteiger partial charge in [0.1, 0.15) is 0 Å². The van der Waals surface area contributed by atoms with Crippen LogP contribution in [-0.2, 0) is 15.0 Å². The number of likely N-dealkylation sites (tertiary alicyclic amines) is 1. The number of carbonyl (C=O) groups excluding carboxylic acids is 2. The summed E-state index contributed by atoms with van der Waals surface area (Å²) >= 11 is 5.96. The van der Waals surface area contributed by atoms with Crippen LogP contribution in [0.15, 0.2) is 24.3 Å². The first-order chi connectivity index (χ1) is 11.6. The molecule has 0 spiro atoms. The summed E-state index contributed by atoms with van der Waals surface area (Å²) in [6.07, 6.45) is 3.43. The third-order valence-corrected chi connectivity index (χ3v) is 5.33. The molecule has 0 aromatic heterocycles. The largest absolute Gasteiger partial charge is 0.355 e. The molecule has 1 saturated carbocycles. The number of nitrogens with zero attached hydrogens (tertiary/aromatic N) is 1. The Kier molecular flexibility index (Phi) is 5.11. The fourth-order valence-electron chi connectivity index (χ4n) is 3.54. The fraction of sp³-hybridized carbons (Fsp3) is 0.556. The molecule has 24 heavy (non-hydrogen) atoms. The molecule has 130 valence electrons. The summed E-state index contributed by atoms with van der Waals surface area (Å²) in [4.78, 5) is 27.1. The molecule has 5 nitrogen and oxygen atoms in total. The molecule has 2 aliphatic rings. The number of piperidine rings is 1. The van der Waals surface area contributed by atoms with Gasteiger partial charge in [-0.1, -0.05) is 23.7 Å². The summed E-state index contributed by atoms with van der Waals surface area (Å²) in [6.45, 7) is 2.15. The highest BCUT2D eigenvalue weighted by molar-refractivity contribution is 6.30. The molecular formula is C18H24ClN3O2. The first-order valence-corrected chi connectivity index (χ1v) is 8.98. The smallest absolute Gasteiger partial charge is 0.233 e. The summed E-state index contributed by atoms with van der Waals surface area (Å²) in [7, 11) is 0. The number of nitrogens with one attached hydrogen (secondary N) is 1. The molecule has 3 rings (SSSR count). The van der Waals surface area contributed by atoms with Gasteiger partial charge in [0.05, 0.1) is 11.3 Å². The van der Waals surface area contributed by atoms with Gasteiger partial charge in [0.25, 0.3) is 0 Å². The van der Waals surface area contributed by atoms with Gasteiger partial charge in [-0.2, -0.15) is 0 Å². The SMILES string of the molecule is NCCNC(=O)C1CCCN(C(=O)C2(c3ccc(Cl)cc3)CC2)C1. The lowest BCUT2D eigenvalue weighted by atomic mass is 9.91. The predicted molar refractivity (Wildman–Crippen MR) is 93.7 cm³/mol. The first-order valence-electron chi connectivity index (χ1n) is 8.60. The second kappa shape index (κ2) is 7.11. The maximum atomic E-state index is 13.1. The Hall–Kier alpha value is -1.59. The van der Waals surface area contributed by atoms with Gasteiger partial charge >= 0.3 is 0 Å². The van der Waals surface area contributed by atoms with E-state index in [2.05, 4.69) is 5.32 Å². The molecule has 2 fully saturated rings. The van der Waals surface area contributed by atoms with Crippen LogP contribution in [0.5, 0.6) is 0 Å². The number of halogens is 1. The molecule has 1 aliphatic heterocycles. The monoisotopic (exact) mass is 349 g/mol. The molecule has 1 aromatic carbocycles. The first kappa shape index (κ1) is 17.2. The molecule has 3 N–H and O–H groups in total. The van der Waals surface area contributed by atoms with Gasteiger partial charge in [0.2, 0.25) is 11.8 Å². The van der Waals surface area contributed by atoms with Gasteiger partial charge in [0, 0.05) is 31.2 Å². The normalized spacial score (nSPS) is 22.1. The molecule has 1 atom stereocenters. The standard InChI is InChI=1S/C18H24ClN3O2/c19-15-5-3-14(4-6-15)18(7-8-18)17(24)22-11-1-2-13(12-22)16(23)21-10-9-20/h3-6,13H,1-2,7-12,20H2,(H,21,23). The average Bonchev–Trinajstić information content (AvgIpc) is 3.41. The van der Waals surface area contributed by atoms with E-state index in [4.69, 9.17) is 17.3 Å². The van der Waals surface area contributed by atoms with Crippen molar-refractivity contribution in [3.63, 3.8) is 0 Å². The van der Waals surface area contributed by atoms with Crippen LogP contribution in [0.3, 0.4) is 0 Å². The average molecular weight is 350 g/mol. The van der Waals surface area contributed by atoms with Crippen LogP contribution in [0, 0.1) is 5.92 Å². The van der Waals surface area contributed by atoms with Crippen LogP contribution in [-0.4, -0.2) is 42.9 Å². The predicted octanol–water partition coefficient (Wildman–Crippen LogP) is 1.69. The van der Waals surface area contributed by atoms with Crippen molar-refractivity contribution in [2.75, 3.05) is 26.2 Å². The van der Waals surface area contributed by atoms with E-state index in [0.717, 1.165) is 37.8 Å². The van der Waals surface area contributed by atoms with Crippen molar-refractivity contribution in [1.82, 2.24) is 10.2 Å². The van der Waals surface area contributed by atoms with Gasteiger partial charge in [0.15, 0.2) is 0 Å². The van der Waals surface area contributed by atoms with E-state index < -0.39 is 5.41 Å². The third-order valence-electron chi connectivity index (χ3n) is 5.08. The Morgan fingerprint density at radius 3 is 2.62 bits per heavy atom. The van der Waals surface area contributed by atoms with Crippen molar-refractivity contribution in [2.24, 2.45) is 11.7 Å². The van der Waals surface area contributed by atoms with E-state index >= 15 is 0 Å². The number of nitrogens with two attached hydrogens (primary N) is 1. The van der Waals surface area contributed by atoms with Crippen LogP contribution in [0.25, 0.3) is 0 Å². The molecule has 1 aliphatic carbocycles. The van der Waals surface area contributed by atoms with E-state index in [1.807, 2.05) is 29.2 Å². The van der Waals surface area contributed by atoms with Gasteiger partial charge in [-0.05, 0) is 43.4 Å². The topological polar surface area (TPSA) is 75.4 Å². The Morgan fingerprint density at radius 1 is 1.29 bits per heavy atom. The molecule has 1 unspecified atom stereocenters. The summed E-state index contributed by atoms with van der Waals surface area (Å²) < 4.78 is 0. The Labute approximate surface area is 147 Å². The molecule has 0 radical (unpaired) electrons. The summed E-state index contributed by atoms with van der Waals surface area (Å²) in [5, 5.41) is 3.51. The second-order valence-corrected chi connectivity index (χ2v) is 7.20. The molecule has 1 heterocycles. The Morgan fingerprint density at radius 2 is 2.00 bits per heavy atom. The summed E-state index contributed by atoms with van der Waals surface area (Å²) in [5.74, 6) is 0.0331. The van der Waals surface area contributed by atoms with Crippen molar-refractivity contribution in [2.45, 2.75) is 31.1 Å². The zero-order valence-corrected chi connectivity index (χ0v) is 14.5. The maximum Gasteiger partial charge on any atom is 0.233 e. The van der Waals surface area contributed by atoms with Crippen LogP contribution < -0.4 is 11.1 Å². The zero-order valence-electron chi connectivity index (χ0n) is 13.8. The van der Waals surface area contributed by atoms with Gasteiger partial charge < -0.3 is 16.0 Å². The fourth-order valence-corrected chi connectivity index (χ4v) is 3.66. The summed E-state index contributed by atoms with van der Waals surface area (Å²) in [5.41, 5.74) is 6.06. The van der Waals surface area contributed by atoms with Crippen molar-refractivity contribution in [1.29, 1.82) is 0 Å². The van der Waals surface area contributed by atoms with Crippen molar-refractivity contribution in [3.8, 4) is 0 Å². The molecule has 2 amide bonds. The van der Waals surface area contributed by atoms with Crippen LogP contribution >= 0.6 is 11.6 Å². The van der Waals surface area contributed by atoms with Gasteiger partial charge in [-0.25, -0.2) is 0 Å². The Balaban J connectivity index is 1.68. The lowest BCUT2D eigenvalue weighted by Gasteiger charge is -2.34. The molecule has 1 saturated heterocycles. The molecule has 1 aromatic rings. The number of carbonyl (C=O) groups is 2. The van der Waals surface area contributed by atoms with Crippen LogP contribution in [0.1, 0.15) is 31.2 Å². The molecule has 6 heteroatoms. The lowest BCUT2D eigenvalue weighted by Crippen LogP contribution is -2.49. The van der Waals surface area contributed by atoms with Crippen molar-refractivity contribution in [3.05, 3.63) is 34.9 Å². The maximum absolute atomic E-state index is 13.1. The third kappa shape index (κ3) is 3.42. The minimum absolute atomic E-state index is 0.00860. The quantitative estimate of drug-likeness (QED) is 0.849. The second-order valence-electron chi connectivity index (χ2n) is 6.76. The highest BCUT2D eigenvalue weighted by atomic mass is 35.5. The molecular weight excluding hydrogens is 326 g/mol. The number of amides is 2. The highest BCUT2D eigenvalue weighted by Gasteiger charge is 2.53. The van der Waals surface area contributed by atoms with E-state index in [0.29, 0.717) is 24.7 Å². The van der Waals surface area contributed by atoms with E-state index in [1.165, 1.54) is 0 Å². The Bertz CT molecular complexity index is 613. The van der Waals surface area contributed by atoms with Gasteiger partial charge in [-0.3, -0.25) is 9.59 Å². The minimum atomic E-state index is -0.403.